The minimum atomic E-state index is -0.190. The van der Waals surface area contributed by atoms with Crippen molar-refractivity contribution >= 4 is 0 Å². The average molecular weight is 340 g/mol. The Labute approximate surface area is 145 Å². The van der Waals surface area contributed by atoms with Crippen molar-refractivity contribution < 1.29 is 14.2 Å². The highest BCUT2D eigenvalue weighted by Gasteiger charge is 2.17. The van der Waals surface area contributed by atoms with E-state index in [-0.39, 0.29) is 5.56 Å². The standard InChI is InChI=1S/C19H20N2O4/c1-12-5-7-14(8-6-12)21-15(11-18(22)20-21)13-9-16(23-2)19(25-4)17(10-13)24-3/h5-11H,1-4H3,(H,20,22). The molecule has 0 aliphatic heterocycles. The van der Waals surface area contributed by atoms with Crippen LogP contribution in [-0.2, 0) is 0 Å². The number of ether oxygens (including phenoxy) is 3. The minimum Gasteiger partial charge on any atom is -0.493 e. The number of aryl methyl sites for hydroxylation is 1. The van der Waals surface area contributed by atoms with Crippen LogP contribution in [0.4, 0.5) is 0 Å². The maximum absolute atomic E-state index is 12.0. The molecule has 0 bridgehead atoms. The SMILES string of the molecule is COc1cc(-c2cc(=O)[nH]n2-c2ccc(C)cc2)cc(OC)c1OC. The summed E-state index contributed by atoms with van der Waals surface area (Å²) in [5.41, 5.74) is 3.29. The molecular weight excluding hydrogens is 320 g/mol. The highest BCUT2D eigenvalue weighted by molar-refractivity contribution is 5.70. The summed E-state index contributed by atoms with van der Waals surface area (Å²) in [4.78, 5) is 12.0. The van der Waals surface area contributed by atoms with Crippen LogP contribution in [0.1, 0.15) is 5.56 Å². The van der Waals surface area contributed by atoms with E-state index in [1.165, 1.54) is 0 Å². The van der Waals surface area contributed by atoms with Crippen LogP contribution in [0.3, 0.4) is 0 Å². The first-order valence-electron chi connectivity index (χ1n) is 7.77. The number of aromatic nitrogens is 2. The quantitative estimate of drug-likeness (QED) is 0.775. The lowest BCUT2D eigenvalue weighted by Gasteiger charge is -2.15. The molecule has 0 amide bonds. The third kappa shape index (κ3) is 3.10. The van der Waals surface area contributed by atoms with Gasteiger partial charge in [-0.2, -0.15) is 0 Å². The summed E-state index contributed by atoms with van der Waals surface area (Å²) in [6, 6.07) is 13.1. The highest BCUT2D eigenvalue weighted by atomic mass is 16.5. The zero-order chi connectivity index (χ0) is 18.0. The molecule has 25 heavy (non-hydrogen) atoms. The van der Waals surface area contributed by atoms with Gasteiger partial charge in [0.15, 0.2) is 11.5 Å². The van der Waals surface area contributed by atoms with Gasteiger partial charge < -0.3 is 14.2 Å². The van der Waals surface area contributed by atoms with E-state index in [1.54, 1.807) is 32.1 Å². The van der Waals surface area contributed by atoms with Crippen molar-refractivity contribution in [2.75, 3.05) is 21.3 Å². The predicted molar refractivity (Wildman–Crippen MR) is 96.2 cm³/mol. The van der Waals surface area contributed by atoms with E-state index in [2.05, 4.69) is 5.10 Å². The molecule has 1 heterocycles. The van der Waals surface area contributed by atoms with E-state index in [0.717, 1.165) is 16.8 Å². The summed E-state index contributed by atoms with van der Waals surface area (Å²) in [5, 5.41) is 2.83. The number of methoxy groups -OCH3 is 3. The number of H-pyrrole nitrogens is 1. The number of nitrogens with one attached hydrogen (secondary N) is 1. The Balaban J connectivity index is 2.20. The summed E-state index contributed by atoms with van der Waals surface area (Å²) in [7, 11) is 4.68. The summed E-state index contributed by atoms with van der Waals surface area (Å²) in [6.45, 7) is 2.02. The van der Waals surface area contributed by atoms with Gasteiger partial charge in [0.2, 0.25) is 5.75 Å². The van der Waals surface area contributed by atoms with Gasteiger partial charge in [0.1, 0.15) is 0 Å². The third-order valence-corrected chi connectivity index (χ3v) is 3.98. The van der Waals surface area contributed by atoms with Gasteiger partial charge >= 0.3 is 0 Å². The van der Waals surface area contributed by atoms with Crippen molar-refractivity contribution in [1.29, 1.82) is 0 Å². The zero-order valence-corrected chi connectivity index (χ0v) is 14.6. The van der Waals surface area contributed by atoms with E-state index < -0.39 is 0 Å². The van der Waals surface area contributed by atoms with Crippen LogP contribution in [0.5, 0.6) is 17.2 Å². The fraction of sp³-hybridized carbons (Fsp3) is 0.211. The van der Waals surface area contributed by atoms with Gasteiger partial charge in [-0.15, -0.1) is 0 Å². The maximum atomic E-state index is 12.0. The number of aromatic amines is 1. The highest BCUT2D eigenvalue weighted by Crippen LogP contribution is 2.41. The molecule has 0 radical (unpaired) electrons. The predicted octanol–water partition coefficient (Wildman–Crippen LogP) is 3.17. The van der Waals surface area contributed by atoms with Crippen LogP contribution in [0.2, 0.25) is 0 Å². The Bertz CT molecular complexity index is 914. The smallest absolute Gasteiger partial charge is 0.265 e. The van der Waals surface area contributed by atoms with E-state index in [9.17, 15) is 4.79 Å². The summed E-state index contributed by atoms with van der Waals surface area (Å²) < 4.78 is 17.9. The molecule has 0 atom stereocenters. The fourth-order valence-electron chi connectivity index (χ4n) is 2.73. The second-order valence-electron chi connectivity index (χ2n) is 5.59. The molecule has 130 valence electrons. The summed E-state index contributed by atoms with van der Waals surface area (Å²) >= 11 is 0. The molecule has 0 saturated heterocycles. The van der Waals surface area contributed by atoms with Crippen molar-refractivity contribution in [3.63, 3.8) is 0 Å². The van der Waals surface area contributed by atoms with Crippen LogP contribution >= 0.6 is 0 Å². The Hall–Kier alpha value is -3.15. The molecule has 1 aromatic heterocycles. The van der Waals surface area contributed by atoms with Crippen molar-refractivity contribution in [3.8, 4) is 34.2 Å². The topological polar surface area (TPSA) is 65.5 Å². The van der Waals surface area contributed by atoms with Gasteiger partial charge in [0.05, 0.1) is 32.7 Å². The molecule has 2 aromatic carbocycles. The van der Waals surface area contributed by atoms with E-state index in [1.807, 2.05) is 43.3 Å². The summed E-state index contributed by atoms with van der Waals surface area (Å²) in [5.74, 6) is 1.57. The molecular formula is C19H20N2O4. The van der Waals surface area contributed by atoms with Gasteiger partial charge in [0.25, 0.3) is 5.56 Å². The van der Waals surface area contributed by atoms with Crippen LogP contribution in [0.25, 0.3) is 16.9 Å². The molecule has 0 fully saturated rings. The molecule has 6 nitrogen and oxygen atoms in total. The maximum Gasteiger partial charge on any atom is 0.265 e. The molecule has 3 aromatic rings. The normalized spacial score (nSPS) is 10.6. The number of rotatable bonds is 5. The van der Waals surface area contributed by atoms with Crippen molar-refractivity contribution in [2.45, 2.75) is 6.92 Å². The lowest BCUT2D eigenvalue weighted by Crippen LogP contribution is -2.04. The monoisotopic (exact) mass is 340 g/mol. The van der Waals surface area contributed by atoms with Crippen molar-refractivity contribution in [3.05, 3.63) is 58.4 Å². The molecule has 1 N–H and O–H groups in total. The van der Waals surface area contributed by atoms with Crippen LogP contribution < -0.4 is 19.8 Å². The summed E-state index contributed by atoms with van der Waals surface area (Å²) in [6.07, 6.45) is 0. The number of hydrogen-bond donors (Lipinski definition) is 1. The Morgan fingerprint density at radius 1 is 0.880 bits per heavy atom. The van der Waals surface area contributed by atoms with Crippen molar-refractivity contribution in [2.24, 2.45) is 0 Å². The Morgan fingerprint density at radius 3 is 2.00 bits per heavy atom. The molecule has 3 rings (SSSR count). The number of hydrogen-bond acceptors (Lipinski definition) is 4. The minimum absolute atomic E-state index is 0.190. The first kappa shape index (κ1) is 16.7. The van der Waals surface area contributed by atoms with E-state index in [0.29, 0.717) is 22.9 Å². The molecule has 0 aliphatic rings. The van der Waals surface area contributed by atoms with Crippen molar-refractivity contribution in [1.82, 2.24) is 9.78 Å². The first-order chi connectivity index (χ1) is 12.1. The second kappa shape index (κ2) is 6.76. The number of benzene rings is 2. The van der Waals surface area contributed by atoms with Gasteiger partial charge in [0, 0.05) is 11.6 Å². The largest absolute Gasteiger partial charge is 0.493 e. The molecule has 0 saturated carbocycles. The lowest BCUT2D eigenvalue weighted by molar-refractivity contribution is 0.324. The van der Waals surface area contributed by atoms with Crippen LogP contribution in [0.15, 0.2) is 47.3 Å². The van der Waals surface area contributed by atoms with Gasteiger partial charge in [-0.3, -0.25) is 14.6 Å². The first-order valence-corrected chi connectivity index (χ1v) is 7.77. The lowest BCUT2D eigenvalue weighted by atomic mass is 10.1. The van der Waals surface area contributed by atoms with Crippen LogP contribution in [-0.4, -0.2) is 31.1 Å². The zero-order valence-electron chi connectivity index (χ0n) is 14.6. The Kier molecular flexibility index (Phi) is 4.52. The second-order valence-corrected chi connectivity index (χ2v) is 5.59. The molecule has 6 heteroatoms. The van der Waals surface area contributed by atoms with E-state index in [4.69, 9.17) is 14.2 Å². The Morgan fingerprint density at radius 2 is 1.48 bits per heavy atom. The average Bonchev–Trinajstić information content (AvgIpc) is 3.02. The molecule has 0 unspecified atom stereocenters. The van der Waals surface area contributed by atoms with Gasteiger partial charge in [-0.05, 0) is 31.2 Å². The van der Waals surface area contributed by atoms with E-state index >= 15 is 0 Å². The molecule has 0 aliphatic carbocycles. The fourth-order valence-corrected chi connectivity index (χ4v) is 2.73. The number of nitrogens with zero attached hydrogens (tertiary/aromatic N) is 1. The molecule has 0 spiro atoms. The third-order valence-electron chi connectivity index (χ3n) is 3.98. The van der Waals surface area contributed by atoms with Gasteiger partial charge in [-0.25, -0.2) is 0 Å². The van der Waals surface area contributed by atoms with Crippen LogP contribution in [0, 0.1) is 6.92 Å². The van der Waals surface area contributed by atoms with Gasteiger partial charge in [-0.1, -0.05) is 17.7 Å².